The molecule has 1 unspecified atom stereocenters. The molecule has 0 aromatic rings. The smallest absolute Gasteiger partial charge is 0.306 e. The van der Waals surface area contributed by atoms with Crippen molar-refractivity contribution in [2.75, 3.05) is 13.2 Å². The molecule has 0 aliphatic heterocycles. The second-order valence-electron chi connectivity index (χ2n) is 16.0. The van der Waals surface area contributed by atoms with E-state index in [1.807, 2.05) is 0 Å². The van der Waals surface area contributed by atoms with Crippen molar-refractivity contribution in [2.45, 2.75) is 239 Å². The normalized spacial score (nSPS) is 12.5. The summed E-state index contributed by atoms with van der Waals surface area (Å²) < 4.78 is 16.7. The molecule has 0 fully saturated rings. The molecule has 0 amide bonds. The summed E-state index contributed by atoms with van der Waals surface area (Å²) in [6.07, 6.45) is 56.4. The highest BCUT2D eigenvalue weighted by Gasteiger charge is 2.19. The Hall–Kier alpha value is -2.89. The van der Waals surface area contributed by atoms with Gasteiger partial charge in [0, 0.05) is 19.3 Å². The predicted octanol–water partition coefficient (Wildman–Crippen LogP) is 15.7. The fourth-order valence-electron chi connectivity index (χ4n) is 6.63. The number of hydrogen-bond acceptors (Lipinski definition) is 6. The van der Waals surface area contributed by atoms with Crippen molar-refractivity contribution in [3.8, 4) is 0 Å². The third-order valence-corrected chi connectivity index (χ3v) is 10.3. The molecule has 6 nitrogen and oxygen atoms in total. The van der Waals surface area contributed by atoms with Gasteiger partial charge in [0.25, 0.3) is 0 Å². The second kappa shape index (κ2) is 46.8. The zero-order valence-electron chi connectivity index (χ0n) is 38.0. The Morgan fingerprint density at radius 1 is 0.379 bits per heavy atom. The van der Waals surface area contributed by atoms with Crippen molar-refractivity contribution in [2.24, 2.45) is 0 Å². The molecular formula is C52H90O6. The molecular weight excluding hydrogens is 721 g/mol. The molecule has 0 aromatic heterocycles. The molecule has 1 atom stereocenters. The van der Waals surface area contributed by atoms with E-state index in [1.54, 1.807) is 0 Å². The van der Waals surface area contributed by atoms with Gasteiger partial charge in [-0.05, 0) is 70.6 Å². The van der Waals surface area contributed by atoms with Crippen LogP contribution in [0.4, 0.5) is 0 Å². The van der Waals surface area contributed by atoms with E-state index in [-0.39, 0.29) is 37.5 Å². The minimum Gasteiger partial charge on any atom is -0.462 e. The van der Waals surface area contributed by atoms with E-state index in [9.17, 15) is 14.4 Å². The molecule has 0 aliphatic carbocycles. The van der Waals surface area contributed by atoms with Crippen molar-refractivity contribution >= 4 is 17.9 Å². The number of ether oxygens (including phenoxy) is 3. The van der Waals surface area contributed by atoms with E-state index < -0.39 is 6.10 Å². The van der Waals surface area contributed by atoms with Gasteiger partial charge in [-0.2, -0.15) is 0 Å². The summed E-state index contributed by atoms with van der Waals surface area (Å²) in [5.41, 5.74) is 0. The van der Waals surface area contributed by atoms with Crippen LogP contribution in [0.25, 0.3) is 0 Å². The van der Waals surface area contributed by atoms with Gasteiger partial charge < -0.3 is 14.2 Å². The highest BCUT2D eigenvalue weighted by molar-refractivity contribution is 5.71. The molecule has 0 N–H and O–H groups in total. The maximum absolute atomic E-state index is 12.7. The van der Waals surface area contributed by atoms with Crippen LogP contribution in [0.5, 0.6) is 0 Å². The molecule has 334 valence electrons. The third-order valence-electron chi connectivity index (χ3n) is 10.3. The van der Waals surface area contributed by atoms with Gasteiger partial charge in [-0.3, -0.25) is 14.4 Å². The van der Waals surface area contributed by atoms with Gasteiger partial charge in [0.05, 0.1) is 0 Å². The second-order valence-corrected chi connectivity index (χ2v) is 16.0. The average Bonchev–Trinajstić information content (AvgIpc) is 3.22. The predicted molar refractivity (Wildman–Crippen MR) is 247 cm³/mol. The number of carbonyl (C=O) groups is 3. The molecule has 0 aliphatic rings. The first kappa shape index (κ1) is 55.1. The van der Waals surface area contributed by atoms with Crippen molar-refractivity contribution in [3.63, 3.8) is 0 Å². The van der Waals surface area contributed by atoms with Crippen LogP contribution in [-0.2, 0) is 28.6 Å². The van der Waals surface area contributed by atoms with Gasteiger partial charge in [0.15, 0.2) is 6.10 Å². The van der Waals surface area contributed by atoms with Crippen LogP contribution in [0, 0.1) is 0 Å². The molecule has 58 heavy (non-hydrogen) atoms. The van der Waals surface area contributed by atoms with E-state index in [1.165, 1.54) is 116 Å². The Kier molecular flexibility index (Phi) is 44.5. The minimum atomic E-state index is -0.795. The van der Waals surface area contributed by atoms with Gasteiger partial charge >= 0.3 is 17.9 Å². The van der Waals surface area contributed by atoms with Crippen molar-refractivity contribution in [1.29, 1.82) is 0 Å². The third kappa shape index (κ3) is 44.2. The van der Waals surface area contributed by atoms with Crippen LogP contribution >= 0.6 is 0 Å². The van der Waals surface area contributed by atoms with Crippen LogP contribution in [0.2, 0.25) is 0 Å². The quantitative estimate of drug-likeness (QED) is 0.0201. The molecule has 0 radical (unpaired) electrons. The highest BCUT2D eigenvalue weighted by Crippen LogP contribution is 2.15. The van der Waals surface area contributed by atoms with E-state index in [0.717, 1.165) is 70.6 Å². The Bertz CT molecular complexity index is 1070. The summed E-state index contributed by atoms with van der Waals surface area (Å²) in [5.74, 6) is -0.960. The van der Waals surface area contributed by atoms with E-state index in [0.29, 0.717) is 19.3 Å². The summed E-state index contributed by atoms with van der Waals surface area (Å²) >= 11 is 0. The van der Waals surface area contributed by atoms with E-state index >= 15 is 0 Å². The monoisotopic (exact) mass is 811 g/mol. The number of carbonyl (C=O) groups excluding carboxylic acids is 3. The van der Waals surface area contributed by atoms with Crippen molar-refractivity contribution in [3.05, 3.63) is 60.8 Å². The maximum Gasteiger partial charge on any atom is 0.306 e. The first-order chi connectivity index (χ1) is 28.5. The SMILES string of the molecule is CC/C=C\C/C=C\C/C=C\CCCC(=O)OCC(COC(=O)CCCCCCCC/C=C\C=C/CCCCC)OC(=O)CCCCCCCCCCCCCCCC. The number of esters is 3. The van der Waals surface area contributed by atoms with Gasteiger partial charge in [-0.1, -0.05) is 204 Å². The van der Waals surface area contributed by atoms with Gasteiger partial charge in [-0.15, -0.1) is 0 Å². The molecule has 0 aromatic carbocycles. The zero-order chi connectivity index (χ0) is 42.3. The summed E-state index contributed by atoms with van der Waals surface area (Å²) in [6, 6.07) is 0. The maximum atomic E-state index is 12.7. The Balaban J connectivity index is 4.43. The molecule has 0 heterocycles. The van der Waals surface area contributed by atoms with E-state index in [2.05, 4.69) is 81.5 Å². The molecule has 0 saturated carbocycles. The van der Waals surface area contributed by atoms with Crippen LogP contribution in [0.15, 0.2) is 60.8 Å². The van der Waals surface area contributed by atoms with Crippen molar-refractivity contribution < 1.29 is 28.6 Å². The topological polar surface area (TPSA) is 78.9 Å². The summed E-state index contributed by atoms with van der Waals surface area (Å²) in [6.45, 7) is 6.43. The number of unbranched alkanes of at least 4 members (excludes halogenated alkanes) is 23. The minimum absolute atomic E-state index is 0.0947. The fourth-order valence-corrected chi connectivity index (χ4v) is 6.63. The molecule has 0 saturated heterocycles. The number of rotatable bonds is 43. The average molecular weight is 811 g/mol. The Morgan fingerprint density at radius 3 is 1.24 bits per heavy atom. The Labute approximate surface area is 358 Å². The summed E-state index contributed by atoms with van der Waals surface area (Å²) in [5, 5.41) is 0. The lowest BCUT2D eigenvalue weighted by atomic mass is 10.0. The first-order valence-electron chi connectivity index (χ1n) is 24.3. The van der Waals surface area contributed by atoms with Gasteiger partial charge in [0.2, 0.25) is 0 Å². The number of hydrogen-bond donors (Lipinski definition) is 0. The van der Waals surface area contributed by atoms with Crippen LogP contribution in [0.1, 0.15) is 233 Å². The molecule has 0 spiro atoms. The zero-order valence-corrected chi connectivity index (χ0v) is 38.0. The fraction of sp³-hybridized carbons (Fsp3) is 0.750. The van der Waals surface area contributed by atoms with Crippen LogP contribution < -0.4 is 0 Å². The summed E-state index contributed by atoms with van der Waals surface area (Å²) in [7, 11) is 0. The standard InChI is InChI=1S/C52H90O6/c1-4-7-10-13-16-19-22-24-26-28-30-33-36-39-42-45-51(54)57-48-49(47-56-50(53)44-41-38-35-32-29-21-18-15-12-9-6-3)58-52(55)46-43-40-37-34-31-27-25-23-20-17-14-11-8-5-2/h9,12,16,18-19,21-22,24,32,35,49H,4-8,10-11,13-15,17,20,23,25-31,33-34,36-48H2,1-3H3/b12-9-,19-16-,21-18-,24-22-,35-32-. The van der Waals surface area contributed by atoms with Gasteiger partial charge in [0.1, 0.15) is 13.2 Å². The van der Waals surface area contributed by atoms with Crippen LogP contribution in [0.3, 0.4) is 0 Å². The lowest BCUT2D eigenvalue weighted by Crippen LogP contribution is -2.30. The molecule has 0 bridgehead atoms. The van der Waals surface area contributed by atoms with Crippen molar-refractivity contribution in [1.82, 2.24) is 0 Å². The molecule has 6 heteroatoms. The van der Waals surface area contributed by atoms with Crippen LogP contribution in [-0.4, -0.2) is 37.2 Å². The largest absolute Gasteiger partial charge is 0.462 e. The Morgan fingerprint density at radius 2 is 0.741 bits per heavy atom. The summed E-state index contributed by atoms with van der Waals surface area (Å²) in [4.78, 5) is 37.8. The highest BCUT2D eigenvalue weighted by atomic mass is 16.6. The first-order valence-corrected chi connectivity index (χ1v) is 24.3. The number of allylic oxidation sites excluding steroid dienone is 10. The van der Waals surface area contributed by atoms with Gasteiger partial charge in [-0.25, -0.2) is 0 Å². The van der Waals surface area contributed by atoms with E-state index in [4.69, 9.17) is 14.2 Å². The lowest BCUT2D eigenvalue weighted by Gasteiger charge is -2.18. The molecule has 0 rings (SSSR count). The lowest BCUT2D eigenvalue weighted by molar-refractivity contribution is -0.167.